The van der Waals surface area contributed by atoms with E-state index < -0.39 is 32.3 Å². The summed E-state index contributed by atoms with van der Waals surface area (Å²) in [5.74, 6) is -2.48. The van der Waals surface area contributed by atoms with Gasteiger partial charge in [0.25, 0.3) is 0 Å². The number of likely N-dealkylation sites (N-methyl/N-ethyl adjacent to an activating group) is 1. The smallest absolute Gasteiger partial charge is 0.335 e. The largest absolute Gasteiger partial charge is 0.478 e. The van der Waals surface area contributed by atoms with Crippen LogP contribution in [0.15, 0.2) is 23.1 Å². The molecule has 0 amide bonds. The van der Waals surface area contributed by atoms with Crippen LogP contribution in [0.3, 0.4) is 0 Å². The van der Waals surface area contributed by atoms with Gasteiger partial charge in [0.1, 0.15) is 10.7 Å². The van der Waals surface area contributed by atoms with Gasteiger partial charge < -0.3 is 10.2 Å². The Morgan fingerprint density at radius 2 is 1.95 bits per heavy atom. The molecule has 6 nitrogen and oxygen atoms in total. The van der Waals surface area contributed by atoms with Gasteiger partial charge in [-0.15, -0.1) is 0 Å². The van der Waals surface area contributed by atoms with Gasteiger partial charge >= 0.3 is 5.97 Å². The molecule has 8 heteroatoms. The summed E-state index contributed by atoms with van der Waals surface area (Å²) < 4.78 is 39.6. The lowest BCUT2D eigenvalue weighted by atomic mass is 10.1. The van der Waals surface area contributed by atoms with Crippen molar-refractivity contribution < 1.29 is 27.8 Å². The van der Waals surface area contributed by atoms with Gasteiger partial charge in [0.15, 0.2) is 0 Å². The zero-order valence-corrected chi connectivity index (χ0v) is 12.8. The fourth-order valence-corrected chi connectivity index (χ4v) is 3.43. The standard InChI is InChI=1S/C13H18FNO5S/c1-4-15(8-13(2,3)18)21(19,20)11-6-5-9(12(16)17)7-10(11)14/h5-7,18H,4,8H2,1-3H3,(H,16,17). The second kappa shape index (κ2) is 6.08. The van der Waals surface area contributed by atoms with E-state index in [9.17, 15) is 22.7 Å². The average molecular weight is 319 g/mol. The lowest BCUT2D eigenvalue weighted by Crippen LogP contribution is -2.42. The Kier molecular flexibility index (Phi) is 5.08. The molecule has 0 aromatic heterocycles. The van der Waals surface area contributed by atoms with Crippen LogP contribution in [0.25, 0.3) is 0 Å². The molecule has 0 aliphatic carbocycles. The number of rotatable bonds is 6. The van der Waals surface area contributed by atoms with Crippen LogP contribution < -0.4 is 0 Å². The van der Waals surface area contributed by atoms with Crippen LogP contribution in [0, 0.1) is 5.82 Å². The average Bonchev–Trinajstić information content (AvgIpc) is 2.34. The number of benzene rings is 1. The minimum absolute atomic E-state index is 0.0481. The molecule has 0 fully saturated rings. The first-order chi connectivity index (χ1) is 9.49. The molecule has 118 valence electrons. The lowest BCUT2D eigenvalue weighted by molar-refractivity contribution is 0.0600. The molecule has 1 aromatic carbocycles. The summed E-state index contributed by atoms with van der Waals surface area (Å²) in [5, 5.41) is 18.5. The van der Waals surface area contributed by atoms with Crippen molar-refractivity contribution in [2.75, 3.05) is 13.1 Å². The maximum Gasteiger partial charge on any atom is 0.335 e. The Labute approximate surface area is 122 Å². The topological polar surface area (TPSA) is 94.9 Å². The number of carboxylic acids is 1. The molecule has 0 atom stereocenters. The Morgan fingerprint density at radius 3 is 2.33 bits per heavy atom. The van der Waals surface area contributed by atoms with Gasteiger partial charge in [-0.3, -0.25) is 0 Å². The predicted molar refractivity (Wildman–Crippen MR) is 74.1 cm³/mol. The summed E-state index contributed by atoms with van der Waals surface area (Å²) in [7, 11) is -4.15. The quantitative estimate of drug-likeness (QED) is 0.824. The number of aliphatic hydroxyl groups is 1. The van der Waals surface area contributed by atoms with E-state index in [4.69, 9.17) is 5.11 Å². The number of carbonyl (C=O) groups is 1. The van der Waals surface area contributed by atoms with Crippen molar-refractivity contribution >= 4 is 16.0 Å². The molecule has 0 aliphatic heterocycles. The van der Waals surface area contributed by atoms with Gasteiger partial charge in [-0.25, -0.2) is 17.6 Å². The van der Waals surface area contributed by atoms with E-state index in [-0.39, 0.29) is 18.7 Å². The second-order valence-corrected chi connectivity index (χ2v) is 7.10. The van der Waals surface area contributed by atoms with E-state index in [2.05, 4.69) is 0 Å². The van der Waals surface area contributed by atoms with Gasteiger partial charge in [-0.2, -0.15) is 4.31 Å². The first kappa shape index (κ1) is 17.5. The summed E-state index contributed by atoms with van der Waals surface area (Å²) in [6, 6.07) is 2.60. The Morgan fingerprint density at radius 1 is 1.38 bits per heavy atom. The van der Waals surface area contributed by atoms with Crippen LogP contribution in [0.2, 0.25) is 0 Å². The van der Waals surface area contributed by atoms with E-state index in [1.54, 1.807) is 6.92 Å². The number of sulfonamides is 1. The molecule has 21 heavy (non-hydrogen) atoms. The first-order valence-corrected chi connectivity index (χ1v) is 7.68. The molecular weight excluding hydrogens is 301 g/mol. The summed E-state index contributed by atoms with van der Waals surface area (Å²) in [5.41, 5.74) is -1.61. The molecule has 1 aromatic rings. The van der Waals surface area contributed by atoms with Crippen LogP contribution >= 0.6 is 0 Å². The molecule has 0 saturated heterocycles. The Bertz CT molecular complexity index is 636. The molecule has 0 radical (unpaired) electrons. The van der Waals surface area contributed by atoms with Crippen molar-refractivity contribution in [2.24, 2.45) is 0 Å². The number of carboxylic acid groups (broad SMARTS) is 1. The van der Waals surface area contributed by atoms with Gasteiger partial charge in [0.2, 0.25) is 10.0 Å². The van der Waals surface area contributed by atoms with Crippen molar-refractivity contribution in [3.63, 3.8) is 0 Å². The van der Waals surface area contributed by atoms with E-state index in [1.807, 2.05) is 0 Å². The zero-order chi connectivity index (χ0) is 16.4. The number of aromatic carboxylic acids is 1. The third-order valence-electron chi connectivity index (χ3n) is 2.71. The first-order valence-electron chi connectivity index (χ1n) is 6.24. The molecule has 2 N–H and O–H groups in total. The Hall–Kier alpha value is -1.51. The molecule has 0 heterocycles. The van der Waals surface area contributed by atoms with Crippen molar-refractivity contribution in [2.45, 2.75) is 31.3 Å². The molecule has 0 saturated carbocycles. The van der Waals surface area contributed by atoms with E-state index in [0.717, 1.165) is 16.4 Å². The maximum atomic E-state index is 13.9. The van der Waals surface area contributed by atoms with Crippen LogP contribution in [-0.2, 0) is 10.0 Å². The normalized spacial score (nSPS) is 12.7. The number of hydrogen-bond donors (Lipinski definition) is 2. The molecule has 0 spiro atoms. The molecule has 0 bridgehead atoms. The zero-order valence-electron chi connectivity index (χ0n) is 12.0. The highest BCUT2D eigenvalue weighted by Crippen LogP contribution is 2.22. The minimum Gasteiger partial charge on any atom is -0.478 e. The van der Waals surface area contributed by atoms with Crippen LogP contribution in [0.5, 0.6) is 0 Å². The van der Waals surface area contributed by atoms with Crippen LogP contribution in [0.1, 0.15) is 31.1 Å². The van der Waals surface area contributed by atoms with Crippen molar-refractivity contribution in [3.8, 4) is 0 Å². The van der Waals surface area contributed by atoms with Gasteiger partial charge in [-0.1, -0.05) is 6.92 Å². The number of nitrogens with zero attached hydrogens (tertiary/aromatic N) is 1. The van der Waals surface area contributed by atoms with Gasteiger partial charge in [-0.05, 0) is 32.0 Å². The van der Waals surface area contributed by atoms with E-state index in [1.165, 1.54) is 13.8 Å². The second-order valence-electron chi connectivity index (χ2n) is 5.19. The molecular formula is C13H18FNO5S. The summed E-state index contributed by atoms with van der Waals surface area (Å²) in [6.45, 7) is 4.29. The molecule has 0 aliphatic rings. The monoisotopic (exact) mass is 319 g/mol. The van der Waals surface area contributed by atoms with Crippen LogP contribution in [0.4, 0.5) is 4.39 Å². The highest BCUT2D eigenvalue weighted by atomic mass is 32.2. The highest BCUT2D eigenvalue weighted by molar-refractivity contribution is 7.89. The lowest BCUT2D eigenvalue weighted by Gasteiger charge is -2.27. The summed E-state index contributed by atoms with van der Waals surface area (Å²) >= 11 is 0. The minimum atomic E-state index is -4.15. The molecule has 0 unspecified atom stereocenters. The van der Waals surface area contributed by atoms with E-state index in [0.29, 0.717) is 6.07 Å². The summed E-state index contributed by atoms with van der Waals surface area (Å²) in [6.07, 6.45) is 0. The third-order valence-corrected chi connectivity index (χ3v) is 4.67. The van der Waals surface area contributed by atoms with Gasteiger partial charge in [0, 0.05) is 13.1 Å². The third kappa shape index (κ3) is 4.23. The maximum absolute atomic E-state index is 13.9. The van der Waals surface area contributed by atoms with Gasteiger partial charge in [0.05, 0.1) is 11.2 Å². The van der Waals surface area contributed by atoms with Crippen LogP contribution in [-0.4, -0.2) is 47.6 Å². The number of halogens is 1. The van der Waals surface area contributed by atoms with E-state index >= 15 is 0 Å². The SMILES string of the molecule is CCN(CC(C)(C)O)S(=O)(=O)c1ccc(C(=O)O)cc1F. The van der Waals surface area contributed by atoms with Crippen molar-refractivity contribution in [1.29, 1.82) is 0 Å². The van der Waals surface area contributed by atoms with Crippen molar-refractivity contribution in [3.05, 3.63) is 29.6 Å². The number of hydrogen-bond acceptors (Lipinski definition) is 4. The predicted octanol–water partition coefficient (Wildman–Crippen LogP) is 1.31. The van der Waals surface area contributed by atoms with Crippen molar-refractivity contribution in [1.82, 2.24) is 4.31 Å². The fourth-order valence-electron chi connectivity index (χ4n) is 1.78. The highest BCUT2D eigenvalue weighted by Gasteiger charge is 2.30. The summed E-state index contributed by atoms with van der Waals surface area (Å²) in [4.78, 5) is 10.1. The molecule has 1 rings (SSSR count). The fraction of sp³-hybridized carbons (Fsp3) is 0.462. The Balaban J connectivity index is 3.26.